The first-order valence-electron chi connectivity index (χ1n) is 3.05. The summed E-state index contributed by atoms with van der Waals surface area (Å²) in [5.74, 6) is 0.319. The number of halogens is 1. The molecule has 0 aliphatic carbocycles. The highest BCUT2D eigenvalue weighted by molar-refractivity contribution is 9.11. The zero-order valence-corrected chi connectivity index (χ0v) is 7.48. The lowest BCUT2D eigenvalue weighted by Crippen LogP contribution is -2.13. The third-order valence-corrected chi connectivity index (χ3v) is 1.52. The number of hydrogen-bond acceptors (Lipinski definition) is 1. The smallest absolute Gasteiger partial charge is 0.0608 e. The first-order chi connectivity index (χ1) is 4.04. The normalized spacial score (nSPS) is 13.9. The lowest BCUT2D eigenvalue weighted by atomic mass is 10.1. The van der Waals surface area contributed by atoms with Gasteiger partial charge in [0.25, 0.3) is 0 Å². The van der Waals surface area contributed by atoms with Gasteiger partial charge in [-0.2, -0.15) is 0 Å². The summed E-state index contributed by atoms with van der Waals surface area (Å²) in [6.07, 6.45) is 0.398. The van der Waals surface area contributed by atoms with E-state index in [2.05, 4.69) is 22.5 Å². The minimum atomic E-state index is -0.253. The van der Waals surface area contributed by atoms with Crippen LogP contribution in [0.15, 0.2) is 11.1 Å². The Morgan fingerprint density at radius 1 is 1.67 bits per heavy atom. The van der Waals surface area contributed by atoms with Crippen LogP contribution in [0.3, 0.4) is 0 Å². The SMILES string of the molecule is C=C(Br)CC(O)C(C)C. The maximum absolute atomic E-state index is 9.21. The number of aliphatic hydroxyl groups excluding tert-OH is 1. The molecule has 0 aliphatic heterocycles. The zero-order chi connectivity index (χ0) is 7.44. The molecule has 0 heterocycles. The van der Waals surface area contributed by atoms with Crippen molar-refractivity contribution >= 4 is 15.9 Å². The van der Waals surface area contributed by atoms with Gasteiger partial charge < -0.3 is 5.11 Å². The first kappa shape index (κ1) is 9.18. The van der Waals surface area contributed by atoms with E-state index in [1.165, 1.54) is 0 Å². The molecule has 0 saturated carbocycles. The monoisotopic (exact) mass is 192 g/mol. The molecule has 1 nitrogen and oxygen atoms in total. The van der Waals surface area contributed by atoms with Gasteiger partial charge in [0, 0.05) is 6.42 Å². The van der Waals surface area contributed by atoms with Crippen LogP contribution in [0.2, 0.25) is 0 Å². The molecule has 0 spiro atoms. The van der Waals surface area contributed by atoms with Gasteiger partial charge in [-0.15, -0.1) is 0 Å². The van der Waals surface area contributed by atoms with Crippen molar-refractivity contribution in [1.82, 2.24) is 0 Å². The number of aliphatic hydroxyl groups is 1. The van der Waals surface area contributed by atoms with Gasteiger partial charge in [-0.3, -0.25) is 0 Å². The van der Waals surface area contributed by atoms with Crippen LogP contribution < -0.4 is 0 Å². The topological polar surface area (TPSA) is 20.2 Å². The maximum atomic E-state index is 9.21. The van der Waals surface area contributed by atoms with E-state index in [0.717, 1.165) is 4.48 Å². The largest absolute Gasteiger partial charge is 0.392 e. The van der Waals surface area contributed by atoms with Gasteiger partial charge in [0.2, 0.25) is 0 Å². The van der Waals surface area contributed by atoms with Gasteiger partial charge in [-0.05, 0) is 10.4 Å². The summed E-state index contributed by atoms with van der Waals surface area (Å²) in [4.78, 5) is 0. The van der Waals surface area contributed by atoms with Gasteiger partial charge in [0.15, 0.2) is 0 Å². The fourth-order valence-electron chi connectivity index (χ4n) is 0.463. The summed E-state index contributed by atoms with van der Waals surface area (Å²) in [6, 6.07) is 0. The molecule has 54 valence electrons. The number of rotatable bonds is 3. The van der Waals surface area contributed by atoms with Gasteiger partial charge in [-0.1, -0.05) is 36.4 Å². The average molecular weight is 193 g/mol. The van der Waals surface area contributed by atoms with E-state index < -0.39 is 0 Å². The lowest BCUT2D eigenvalue weighted by Gasteiger charge is -2.12. The highest BCUT2D eigenvalue weighted by Crippen LogP contribution is 2.14. The lowest BCUT2D eigenvalue weighted by molar-refractivity contribution is 0.128. The van der Waals surface area contributed by atoms with Crippen molar-refractivity contribution in [3.05, 3.63) is 11.1 Å². The van der Waals surface area contributed by atoms with Crippen LogP contribution in [0.5, 0.6) is 0 Å². The van der Waals surface area contributed by atoms with E-state index in [0.29, 0.717) is 12.3 Å². The Morgan fingerprint density at radius 3 is 2.22 bits per heavy atom. The van der Waals surface area contributed by atoms with Crippen LogP contribution >= 0.6 is 15.9 Å². The molecule has 2 heteroatoms. The second-order valence-corrected chi connectivity index (χ2v) is 3.65. The molecule has 0 aromatic rings. The second kappa shape index (κ2) is 4.07. The Balaban J connectivity index is 3.50. The van der Waals surface area contributed by atoms with Crippen LogP contribution in [0.4, 0.5) is 0 Å². The van der Waals surface area contributed by atoms with E-state index >= 15 is 0 Å². The predicted molar refractivity (Wildman–Crippen MR) is 43.5 cm³/mol. The fourth-order valence-corrected chi connectivity index (χ4v) is 0.794. The molecule has 0 radical (unpaired) electrons. The van der Waals surface area contributed by atoms with Crippen molar-refractivity contribution in [2.75, 3.05) is 0 Å². The Bertz CT molecular complexity index is 99.1. The summed E-state index contributed by atoms with van der Waals surface area (Å²) < 4.78 is 0.865. The quantitative estimate of drug-likeness (QED) is 0.729. The molecule has 1 atom stereocenters. The second-order valence-electron chi connectivity index (χ2n) is 2.53. The molecule has 9 heavy (non-hydrogen) atoms. The van der Waals surface area contributed by atoms with Gasteiger partial charge in [0.05, 0.1) is 6.10 Å². The summed E-state index contributed by atoms with van der Waals surface area (Å²) in [7, 11) is 0. The molecule has 0 bridgehead atoms. The molecule has 0 amide bonds. The molecule has 0 aromatic heterocycles. The fraction of sp³-hybridized carbons (Fsp3) is 0.714. The van der Waals surface area contributed by atoms with E-state index in [4.69, 9.17) is 0 Å². The summed E-state index contributed by atoms with van der Waals surface area (Å²) in [5, 5.41) is 9.21. The molecule has 0 rings (SSSR count). The van der Waals surface area contributed by atoms with Crippen molar-refractivity contribution < 1.29 is 5.11 Å². The van der Waals surface area contributed by atoms with Crippen molar-refractivity contribution in [2.24, 2.45) is 5.92 Å². The van der Waals surface area contributed by atoms with E-state index in [-0.39, 0.29) is 6.10 Å². The minimum absolute atomic E-state index is 0.253. The Kier molecular flexibility index (Phi) is 4.15. The summed E-state index contributed by atoms with van der Waals surface area (Å²) in [5.41, 5.74) is 0. The molecular weight excluding hydrogens is 180 g/mol. The molecule has 0 saturated heterocycles. The highest BCUT2D eigenvalue weighted by atomic mass is 79.9. The van der Waals surface area contributed by atoms with Crippen molar-refractivity contribution in [3.63, 3.8) is 0 Å². The molecule has 0 aliphatic rings. The third kappa shape index (κ3) is 4.67. The summed E-state index contributed by atoms with van der Waals surface area (Å²) >= 11 is 3.19. The summed E-state index contributed by atoms with van der Waals surface area (Å²) in [6.45, 7) is 7.61. The molecule has 0 aromatic carbocycles. The minimum Gasteiger partial charge on any atom is -0.392 e. The predicted octanol–water partition coefficient (Wildman–Crippen LogP) is 2.30. The highest BCUT2D eigenvalue weighted by Gasteiger charge is 2.08. The first-order valence-corrected chi connectivity index (χ1v) is 3.84. The molecule has 1 N–H and O–H groups in total. The van der Waals surface area contributed by atoms with Crippen molar-refractivity contribution in [1.29, 1.82) is 0 Å². The van der Waals surface area contributed by atoms with Crippen LogP contribution in [0.25, 0.3) is 0 Å². The number of hydrogen-bond donors (Lipinski definition) is 1. The average Bonchev–Trinajstić information content (AvgIpc) is 1.63. The Hall–Kier alpha value is 0.180. The standard InChI is InChI=1S/C7H13BrO/c1-5(2)7(9)4-6(3)8/h5,7,9H,3-4H2,1-2H3. The third-order valence-electron chi connectivity index (χ3n) is 1.20. The van der Waals surface area contributed by atoms with Crippen molar-refractivity contribution in [2.45, 2.75) is 26.4 Å². The van der Waals surface area contributed by atoms with E-state index in [1.54, 1.807) is 0 Å². The van der Waals surface area contributed by atoms with Gasteiger partial charge in [0.1, 0.15) is 0 Å². The van der Waals surface area contributed by atoms with Crippen LogP contribution in [0.1, 0.15) is 20.3 Å². The van der Waals surface area contributed by atoms with E-state index in [1.807, 2.05) is 13.8 Å². The zero-order valence-electron chi connectivity index (χ0n) is 5.89. The van der Waals surface area contributed by atoms with Gasteiger partial charge >= 0.3 is 0 Å². The van der Waals surface area contributed by atoms with E-state index in [9.17, 15) is 5.11 Å². The Morgan fingerprint density at radius 2 is 2.11 bits per heavy atom. The van der Waals surface area contributed by atoms with Crippen LogP contribution in [-0.2, 0) is 0 Å². The molecule has 1 unspecified atom stereocenters. The van der Waals surface area contributed by atoms with Crippen LogP contribution in [0, 0.1) is 5.92 Å². The molecule has 0 fully saturated rings. The molecular formula is C7H13BrO. The van der Waals surface area contributed by atoms with Crippen LogP contribution in [-0.4, -0.2) is 11.2 Å². The van der Waals surface area contributed by atoms with Crippen molar-refractivity contribution in [3.8, 4) is 0 Å². The maximum Gasteiger partial charge on any atom is 0.0608 e. The Labute approximate surface area is 64.9 Å². The van der Waals surface area contributed by atoms with Gasteiger partial charge in [-0.25, -0.2) is 0 Å².